The maximum atomic E-state index is 12.6. The molecule has 0 aromatic heterocycles. The largest absolute Gasteiger partial charge is 0.510 e. The van der Waals surface area contributed by atoms with Gasteiger partial charge in [-0.05, 0) is 18.4 Å². The number of carboxylic acid groups (broad SMARTS) is 1. The molecule has 1 rings (SSSR count). The Kier molecular flexibility index (Phi) is 11.6. The monoisotopic (exact) mass is 517 g/mol. The van der Waals surface area contributed by atoms with E-state index >= 15 is 0 Å². The fraction of sp³-hybridized carbons (Fsp3) is 0.609. The Hall–Kier alpha value is -2.70. The maximum Gasteiger partial charge on any atom is 0.510 e. The second-order valence-corrected chi connectivity index (χ2v) is 10.4. The van der Waals surface area contributed by atoms with Crippen molar-refractivity contribution in [1.29, 1.82) is 0 Å². The Balaban J connectivity index is 3.24. The lowest BCUT2D eigenvalue weighted by molar-refractivity contribution is -0.212. The molecule has 3 N–H and O–H groups in total. The molecule has 1 aromatic rings. The van der Waals surface area contributed by atoms with Crippen molar-refractivity contribution >= 4 is 28.1 Å². The smallest absolute Gasteiger partial charge is 0.479 e. The average Bonchev–Trinajstić information content (AvgIpc) is 2.76. The van der Waals surface area contributed by atoms with Gasteiger partial charge >= 0.3 is 12.1 Å². The number of aliphatic carboxylic acids is 1. The molecule has 0 aliphatic carbocycles. The number of rotatable bonds is 15. The van der Waals surface area contributed by atoms with Crippen LogP contribution in [0.15, 0.2) is 30.3 Å². The highest BCUT2D eigenvalue weighted by molar-refractivity contribution is 7.86. The topological polar surface area (TPSA) is 166 Å². The molecular formula is C23H35NO10S. The van der Waals surface area contributed by atoms with Crippen LogP contribution in [-0.2, 0) is 39.8 Å². The van der Waals surface area contributed by atoms with Crippen molar-refractivity contribution in [3.63, 3.8) is 0 Å². The highest BCUT2D eigenvalue weighted by atomic mass is 32.2. The fourth-order valence-electron chi connectivity index (χ4n) is 3.07. The molecular weight excluding hydrogens is 482 g/mol. The summed E-state index contributed by atoms with van der Waals surface area (Å²) in [7, 11) is -4.38. The Bertz CT molecular complexity index is 948. The summed E-state index contributed by atoms with van der Waals surface area (Å²) in [6, 6.07) is 8.21. The predicted octanol–water partition coefficient (Wildman–Crippen LogP) is 2.22. The van der Waals surface area contributed by atoms with Crippen LogP contribution in [0.25, 0.3) is 0 Å². The normalized spacial score (nSPS) is 14.4. The van der Waals surface area contributed by atoms with Crippen LogP contribution < -0.4 is 5.32 Å². The second kappa shape index (κ2) is 13.4. The van der Waals surface area contributed by atoms with Crippen molar-refractivity contribution in [2.45, 2.75) is 65.3 Å². The van der Waals surface area contributed by atoms with E-state index in [1.54, 1.807) is 30.3 Å². The fourth-order valence-corrected chi connectivity index (χ4v) is 4.21. The molecule has 35 heavy (non-hydrogen) atoms. The molecule has 0 saturated heterocycles. The maximum absolute atomic E-state index is 12.6. The number of hydrogen-bond acceptors (Lipinski definition) is 9. The van der Waals surface area contributed by atoms with Crippen LogP contribution in [0.3, 0.4) is 0 Å². The van der Waals surface area contributed by atoms with Crippen molar-refractivity contribution in [3.8, 4) is 0 Å². The number of amides is 1. The summed E-state index contributed by atoms with van der Waals surface area (Å²) in [5.41, 5.74) is -4.12. The van der Waals surface area contributed by atoms with Gasteiger partial charge in [0.25, 0.3) is 10.1 Å². The standard InChI is InChI=1S/C23H35NO10S/c1-5-6-14-32-21(28)33-20(34-35(30,31)15-10-13-24-17(2)25)22(3,4)23(29,19(26)27)16-18-11-8-7-9-12-18/h7-9,11-12,20,29H,5-6,10,13-16H2,1-4H3,(H,24,25)(H,26,27)/t20?,23-/m0/s1. The molecule has 1 unspecified atom stereocenters. The van der Waals surface area contributed by atoms with E-state index in [4.69, 9.17) is 13.7 Å². The van der Waals surface area contributed by atoms with Crippen molar-refractivity contribution in [3.05, 3.63) is 35.9 Å². The zero-order valence-corrected chi connectivity index (χ0v) is 21.3. The number of hydrogen-bond donors (Lipinski definition) is 3. The zero-order chi connectivity index (χ0) is 26.7. The molecule has 0 heterocycles. The third-order valence-electron chi connectivity index (χ3n) is 5.41. The Morgan fingerprint density at radius 3 is 2.29 bits per heavy atom. The molecule has 0 aliphatic heterocycles. The number of aliphatic hydroxyl groups is 1. The van der Waals surface area contributed by atoms with E-state index in [-0.39, 0.29) is 25.5 Å². The van der Waals surface area contributed by atoms with Crippen LogP contribution in [0.2, 0.25) is 0 Å². The molecule has 1 amide bonds. The highest BCUT2D eigenvalue weighted by Gasteiger charge is 2.57. The minimum absolute atomic E-state index is 0.000832. The van der Waals surface area contributed by atoms with Gasteiger partial charge in [-0.25, -0.2) is 13.8 Å². The molecule has 0 radical (unpaired) electrons. The van der Waals surface area contributed by atoms with Crippen molar-refractivity contribution in [1.82, 2.24) is 5.32 Å². The SMILES string of the molecule is CCCCOC(=O)OC(OS(=O)(=O)CCCNC(C)=O)C(C)(C)[C@](O)(Cc1ccccc1)C(=O)O. The minimum Gasteiger partial charge on any atom is -0.479 e. The van der Waals surface area contributed by atoms with Gasteiger partial charge in [-0.2, -0.15) is 8.42 Å². The quantitative estimate of drug-likeness (QED) is 0.136. The van der Waals surface area contributed by atoms with Gasteiger partial charge in [-0.3, -0.25) is 4.79 Å². The number of carboxylic acids is 1. The molecule has 0 saturated carbocycles. The molecule has 0 fully saturated rings. The van der Waals surface area contributed by atoms with Crippen molar-refractivity contribution < 1.29 is 46.7 Å². The van der Waals surface area contributed by atoms with Crippen LogP contribution >= 0.6 is 0 Å². The summed E-state index contributed by atoms with van der Waals surface area (Å²) >= 11 is 0. The van der Waals surface area contributed by atoms with Crippen LogP contribution in [0, 0.1) is 5.41 Å². The Morgan fingerprint density at radius 2 is 1.74 bits per heavy atom. The number of nitrogens with one attached hydrogen (secondary N) is 1. The molecule has 12 heteroatoms. The van der Waals surface area contributed by atoms with Crippen LogP contribution in [-0.4, -0.2) is 67.5 Å². The van der Waals surface area contributed by atoms with Gasteiger partial charge in [-0.15, -0.1) is 0 Å². The predicted molar refractivity (Wildman–Crippen MR) is 126 cm³/mol. The van der Waals surface area contributed by atoms with Gasteiger partial charge in [0.15, 0.2) is 5.60 Å². The molecule has 0 aliphatic rings. The van der Waals surface area contributed by atoms with E-state index in [9.17, 15) is 33.0 Å². The van der Waals surface area contributed by atoms with Gasteiger partial charge in [0.2, 0.25) is 12.2 Å². The van der Waals surface area contributed by atoms with Gasteiger partial charge in [-0.1, -0.05) is 57.5 Å². The summed E-state index contributed by atoms with van der Waals surface area (Å²) in [5.74, 6) is -2.56. The molecule has 0 spiro atoms. The number of ether oxygens (including phenoxy) is 2. The first-order valence-electron chi connectivity index (χ1n) is 11.2. The minimum atomic E-state index is -4.38. The number of carbonyl (C=O) groups is 3. The first kappa shape index (κ1) is 30.3. The highest BCUT2D eigenvalue weighted by Crippen LogP contribution is 2.40. The lowest BCUT2D eigenvalue weighted by Gasteiger charge is -2.42. The Labute approximate surface area is 205 Å². The lowest BCUT2D eigenvalue weighted by Crippen LogP contribution is -2.60. The number of benzene rings is 1. The van der Waals surface area contributed by atoms with Gasteiger partial charge < -0.3 is 25.0 Å². The third kappa shape index (κ3) is 9.46. The molecule has 2 atom stereocenters. The summed E-state index contributed by atoms with van der Waals surface area (Å²) in [4.78, 5) is 35.5. The lowest BCUT2D eigenvalue weighted by atomic mass is 9.71. The summed E-state index contributed by atoms with van der Waals surface area (Å²) < 4.78 is 40.4. The van der Waals surface area contributed by atoms with Crippen molar-refractivity contribution in [2.75, 3.05) is 18.9 Å². The number of unbranched alkanes of at least 4 members (excludes halogenated alkanes) is 1. The summed E-state index contributed by atoms with van der Waals surface area (Å²) in [6.45, 7) is 5.65. The van der Waals surface area contributed by atoms with Gasteiger partial charge in [0.05, 0.1) is 17.8 Å². The van der Waals surface area contributed by atoms with Gasteiger partial charge in [0, 0.05) is 19.9 Å². The molecule has 11 nitrogen and oxygen atoms in total. The first-order valence-corrected chi connectivity index (χ1v) is 12.8. The average molecular weight is 518 g/mol. The summed E-state index contributed by atoms with van der Waals surface area (Å²) in [5, 5.41) is 23.7. The molecule has 198 valence electrons. The summed E-state index contributed by atoms with van der Waals surface area (Å²) in [6.07, 6.45) is -2.49. The van der Waals surface area contributed by atoms with E-state index in [1.165, 1.54) is 20.8 Å². The van der Waals surface area contributed by atoms with E-state index < -0.39 is 51.7 Å². The van der Waals surface area contributed by atoms with E-state index in [0.717, 1.165) is 6.42 Å². The number of carbonyl (C=O) groups excluding carboxylic acids is 2. The first-order chi connectivity index (χ1) is 16.2. The van der Waals surface area contributed by atoms with E-state index in [0.29, 0.717) is 12.0 Å². The Morgan fingerprint density at radius 1 is 1.11 bits per heavy atom. The van der Waals surface area contributed by atoms with Crippen LogP contribution in [0.1, 0.15) is 52.5 Å². The van der Waals surface area contributed by atoms with E-state index in [1.807, 2.05) is 6.92 Å². The second-order valence-electron chi connectivity index (χ2n) is 8.65. The van der Waals surface area contributed by atoms with Crippen LogP contribution in [0.4, 0.5) is 4.79 Å². The van der Waals surface area contributed by atoms with Crippen molar-refractivity contribution in [2.24, 2.45) is 5.41 Å². The molecule has 0 bridgehead atoms. The van der Waals surface area contributed by atoms with Crippen LogP contribution in [0.5, 0.6) is 0 Å². The third-order valence-corrected chi connectivity index (χ3v) is 6.67. The zero-order valence-electron chi connectivity index (χ0n) is 20.5. The van der Waals surface area contributed by atoms with Gasteiger partial charge in [0.1, 0.15) is 0 Å². The molecule has 1 aromatic carbocycles. The van der Waals surface area contributed by atoms with E-state index in [2.05, 4.69) is 5.32 Å².